The number of rotatable bonds is 7. The van der Waals surface area contributed by atoms with Crippen LogP contribution in [0.15, 0.2) is 42.5 Å². The van der Waals surface area contributed by atoms with Crippen molar-refractivity contribution in [2.75, 3.05) is 34.4 Å². The highest BCUT2D eigenvalue weighted by Gasteiger charge is 2.30. The fourth-order valence-corrected chi connectivity index (χ4v) is 3.81. The zero-order valence-electron chi connectivity index (χ0n) is 17.3. The Morgan fingerprint density at radius 3 is 2.57 bits per heavy atom. The number of likely N-dealkylation sites (tertiary alicyclic amines) is 1. The summed E-state index contributed by atoms with van der Waals surface area (Å²) in [6.45, 7) is 4.04. The number of nitrogens with zero attached hydrogens (tertiary/aromatic N) is 2. The van der Waals surface area contributed by atoms with Gasteiger partial charge in [-0.05, 0) is 37.9 Å². The maximum Gasteiger partial charge on any atom is 0.236 e. The van der Waals surface area contributed by atoms with E-state index in [2.05, 4.69) is 42.2 Å². The van der Waals surface area contributed by atoms with E-state index in [0.717, 1.165) is 42.0 Å². The van der Waals surface area contributed by atoms with Crippen LogP contribution in [-0.2, 0) is 11.3 Å². The number of benzene rings is 2. The van der Waals surface area contributed by atoms with Crippen LogP contribution in [-0.4, -0.2) is 50.1 Å². The summed E-state index contributed by atoms with van der Waals surface area (Å²) < 4.78 is 10.9. The fraction of sp³-hybridized carbons (Fsp3) is 0.435. The molecule has 1 aliphatic heterocycles. The first kappa shape index (κ1) is 20.2. The molecule has 1 amide bonds. The summed E-state index contributed by atoms with van der Waals surface area (Å²) in [5.41, 5.74) is 3.50. The van der Waals surface area contributed by atoms with Crippen LogP contribution in [0.3, 0.4) is 0 Å². The van der Waals surface area contributed by atoms with E-state index < -0.39 is 0 Å². The molecule has 0 aromatic heterocycles. The SMILES string of the molecule is COc1ccc([C@H]2CCCN2CC(=O)N(C)Cc2ccc(C)cc2)c(OC)c1. The molecule has 3 rings (SSSR count). The van der Waals surface area contributed by atoms with Gasteiger partial charge < -0.3 is 14.4 Å². The maximum atomic E-state index is 12.8. The topological polar surface area (TPSA) is 42.0 Å². The first-order valence-electron chi connectivity index (χ1n) is 9.77. The molecule has 2 aromatic rings. The number of aryl methyl sites for hydroxylation is 1. The number of methoxy groups -OCH3 is 2. The minimum absolute atomic E-state index is 0.139. The van der Waals surface area contributed by atoms with Crippen molar-refractivity contribution >= 4 is 5.91 Å². The predicted octanol–water partition coefficient (Wildman–Crippen LogP) is 3.81. The summed E-state index contributed by atoms with van der Waals surface area (Å²) in [4.78, 5) is 16.9. The summed E-state index contributed by atoms with van der Waals surface area (Å²) in [5, 5.41) is 0. The van der Waals surface area contributed by atoms with Gasteiger partial charge in [-0.3, -0.25) is 9.69 Å². The zero-order chi connectivity index (χ0) is 20.1. The summed E-state index contributed by atoms with van der Waals surface area (Å²) in [7, 11) is 5.21. The third kappa shape index (κ3) is 4.65. The second kappa shape index (κ2) is 9.11. The van der Waals surface area contributed by atoms with Gasteiger partial charge in [0.25, 0.3) is 0 Å². The van der Waals surface area contributed by atoms with E-state index in [-0.39, 0.29) is 11.9 Å². The van der Waals surface area contributed by atoms with Gasteiger partial charge >= 0.3 is 0 Å². The Morgan fingerprint density at radius 1 is 1.14 bits per heavy atom. The molecule has 2 aromatic carbocycles. The van der Waals surface area contributed by atoms with Crippen molar-refractivity contribution < 1.29 is 14.3 Å². The smallest absolute Gasteiger partial charge is 0.236 e. The van der Waals surface area contributed by atoms with Gasteiger partial charge in [0.1, 0.15) is 11.5 Å². The first-order valence-corrected chi connectivity index (χ1v) is 9.77. The lowest BCUT2D eigenvalue weighted by molar-refractivity contribution is -0.131. The van der Waals surface area contributed by atoms with E-state index in [1.165, 1.54) is 5.56 Å². The minimum Gasteiger partial charge on any atom is -0.497 e. The van der Waals surface area contributed by atoms with Gasteiger partial charge in [-0.25, -0.2) is 0 Å². The van der Waals surface area contributed by atoms with Gasteiger partial charge in [0.15, 0.2) is 0 Å². The number of likely N-dealkylation sites (N-methyl/N-ethyl adjacent to an activating group) is 1. The normalized spacial score (nSPS) is 16.8. The molecule has 0 spiro atoms. The molecule has 5 heteroatoms. The van der Waals surface area contributed by atoms with Crippen LogP contribution in [0.4, 0.5) is 0 Å². The monoisotopic (exact) mass is 382 g/mol. The molecule has 1 saturated heterocycles. The summed E-state index contributed by atoms with van der Waals surface area (Å²) >= 11 is 0. The Hall–Kier alpha value is -2.53. The molecule has 0 aliphatic carbocycles. The van der Waals surface area contributed by atoms with Gasteiger partial charge in [0.05, 0.1) is 20.8 Å². The number of hydrogen-bond donors (Lipinski definition) is 0. The van der Waals surface area contributed by atoms with Gasteiger partial charge in [-0.15, -0.1) is 0 Å². The molecule has 0 saturated carbocycles. The third-order valence-electron chi connectivity index (χ3n) is 5.47. The highest BCUT2D eigenvalue weighted by Crippen LogP contribution is 2.38. The molecule has 1 atom stereocenters. The number of amides is 1. The molecule has 0 unspecified atom stereocenters. The Labute approximate surface area is 167 Å². The third-order valence-corrected chi connectivity index (χ3v) is 5.47. The van der Waals surface area contributed by atoms with E-state index in [9.17, 15) is 4.79 Å². The van der Waals surface area contributed by atoms with Crippen LogP contribution in [0.5, 0.6) is 11.5 Å². The van der Waals surface area contributed by atoms with Crippen LogP contribution >= 0.6 is 0 Å². The van der Waals surface area contributed by atoms with Crippen LogP contribution < -0.4 is 9.47 Å². The van der Waals surface area contributed by atoms with Crippen molar-refractivity contribution in [2.24, 2.45) is 0 Å². The lowest BCUT2D eigenvalue weighted by Crippen LogP contribution is -2.37. The fourth-order valence-electron chi connectivity index (χ4n) is 3.81. The molecule has 0 bridgehead atoms. The number of carbonyl (C=O) groups is 1. The lowest BCUT2D eigenvalue weighted by atomic mass is 10.0. The molecule has 1 aliphatic rings. The van der Waals surface area contributed by atoms with Crippen molar-refractivity contribution in [3.8, 4) is 11.5 Å². The van der Waals surface area contributed by atoms with Crippen LogP contribution in [0.1, 0.15) is 35.6 Å². The van der Waals surface area contributed by atoms with E-state index >= 15 is 0 Å². The predicted molar refractivity (Wildman–Crippen MR) is 111 cm³/mol. The molecule has 1 fully saturated rings. The molecule has 0 radical (unpaired) electrons. The molecule has 5 nitrogen and oxygen atoms in total. The largest absolute Gasteiger partial charge is 0.497 e. The zero-order valence-corrected chi connectivity index (χ0v) is 17.3. The Balaban J connectivity index is 1.67. The second-order valence-electron chi connectivity index (χ2n) is 7.47. The maximum absolute atomic E-state index is 12.8. The van der Waals surface area contributed by atoms with E-state index in [4.69, 9.17) is 9.47 Å². The number of carbonyl (C=O) groups excluding carboxylic acids is 1. The molecular formula is C23H30N2O3. The molecular weight excluding hydrogens is 352 g/mol. The quantitative estimate of drug-likeness (QED) is 0.730. The number of ether oxygens (including phenoxy) is 2. The Kier molecular flexibility index (Phi) is 6.57. The first-order chi connectivity index (χ1) is 13.5. The van der Waals surface area contributed by atoms with Gasteiger partial charge in [0, 0.05) is 31.3 Å². The molecule has 28 heavy (non-hydrogen) atoms. The van der Waals surface area contributed by atoms with Crippen LogP contribution in [0.25, 0.3) is 0 Å². The van der Waals surface area contributed by atoms with Crippen molar-refractivity contribution in [2.45, 2.75) is 32.4 Å². The van der Waals surface area contributed by atoms with Gasteiger partial charge in [0.2, 0.25) is 5.91 Å². The van der Waals surface area contributed by atoms with E-state index in [1.807, 2.05) is 24.1 Å². The van der Waals surface area contributed by atoms with Crippen LogP contribution in [0, 0.1) is 6.92 Å². The average molecular weight is 383 g/mol. The summed E-state index contributed by atoms with van der Waals surface area (Å²) in [5.74, 6) is 1.73. The lowest BCUT2D eigenvalue weighted by Gasteiger charge is -2.28. The highest BCUT2D eigenvalue weighted by molar-refractivity contribution is 5.78. The summed E-state index contributed by atoms with van der Waals surface area (Å²) in [6, 6.07) is 14.5. The highest BCUT2D eigenvalue weighted by atomic mass is 16.5. The van der Waals surface area contributed by atoms with Crippen LogP contribution in [0.2, 0.25) is 0 Å². The van der Waals surface area contributed by atoms with E-state index in [0.29, 0.717) is 13.1 Å². The van der Waals surface area contributed by atoms with Crippen molar-refractivity contribution in [3.05, 3.63) is 59.2 Å². The number of hydrogen-bond acceptors (Lipinski definition) is 4. The average Bonchev–Trinajstić information content (AvgIpc) is 3.16. The van der Waals surface area contributed by atoms with Gasteiger partial charge in [-0.2, -0.15) is 0 Å². The summed E-state index contributed by atoms with van der Waals surface area (Å²) in [6.07, 6.45) is 2.10. The van der Waals surface area contributed by atoms with Crippen molar-refractivity contribution in [1.82, 2.24) is 9.80 Å². The second-order valence-corrected chi connectivity index (χ2v) is 7.47. The Morgan fingerprint density at radius 2 is 1.89 bits per heavy atom. The Bertz CT molecular complexity index is 804. The molecule has 0 N–H and O–H groups in total. The van der Waals surface area contributed by atoms with E-state index in [1.54, 1.807) is 14.2 Å². The standard InChI is InChI=1S/C23H30N2O3/c1-17-7-9-18(10-8-17)15-24(2)23(26)16-25-13-5-6-21(25)20-12-11-19(27-3)14-22(20)28-4/h7-12,14,21H,5-6,13,15-16H2,1-4H3/t21-/m1/s1. The van der Waals surface area contributed by atoms with Gasteiger partial charge in [-0.1, -0.05) is 35.9 Å². The molecule has 1 heterocycles. The molecule has 150 valence electrons. The minimum atomic E-state index is 0.139. The van der Waals surface area contributed by atoms with Crippen molar-refractivity contribution in [3.63, 3.8) is 0 Å². The van der Waals surface area contributed by atoms with Crippen molar-refractivity contribution in [1.29, 1.82) is 0 Å².